The predicted octanol–water partition coefficient (Wildman–Crippen LogP) is 3.80. The van der Waals surface area contributed by atoms with Gasteiger partial charge in [0, 0.05) is 24.1 Å². The summed E-state index contributed by atoms with van der Waals surface area (Å²) >= 11 is 0. The van der Waals surface area contributed by atoms with Crippen LogP contribution in [0.4, 0.5) is 5.69 Å². The van der Waals surface area contributed by atoms with E-state index in [2.05, 4.69) is 0 Å². The van der Waals surface area contributed by atoms with Crippen LogP contribution in [0.1, 0.15) is 29.2 Å². The highest BCUT2D eigenvalue weighted by Crippen LogP contribution is 2.36. The minimum Gasteiger partial charge on any atom is -0.493 e. The van der Waals surface area contributed by atoms with E-state index >= 15 is 0 Å². The first kappa shape index (κ1) is 15.2. The summed E-state index contributed by atoms with van der Waals surface area (Å²) in [6, 6.07) is 12.0. The molecule has 5 heteroatoms. The molecule has 0 aromatic heterocycles. The number of aryl methyl sites for hydroxylation is 1. The minimum atomic E-state index is -0.734. The molecular formula is C18H17NO4. The highest BCUT2D eigenvalue weighted by Gasteiger charge is 2.22. The maximum atomic E-state index is 10.7. The number of non-ortho nitro benzene ring substituents is 1. The molecule has 2 aromatic carbocycles. The second-order valence-corrected chi connectivity index (χ2v) is 5.61. The number of hydrogen-bond donors (Lipinski definition) is 1. The van der Waals surface area contributed by atoms with Crippen molar-refractivity contribution in [3.8, 4) is 5.75 Å². The average Bonchev–Trinajstić information content (AvgIpc) is 2.68. The third kappa shape index (κ3) is 3.24. The number of rotatable bonds is 2. The maximum absolute atomic E-state index is 10.7. The first-order valence-corrected chi connectivity index (χ1v) is 7.41. The molecule has 0 fully saturated rings. The Hall–Kier alpha value is -2.66. The van der Waals surface area contributed by atoms with Crippen molar-refractivity contribution in [3.05, 3.63) is 74.8 Å². The zero-order valence-corrected chi connectivity index (χ0v) is 12.7. The zero-order valence-electron chi connectivity index (χ0n) is 12.7. The molecule has 0 amide bonds. The van der Waals surface area contributed by atoms with E-state index < -0.39 is 11.0 Å². The maximum Gasteiger partial charge on any atom is 0.269 e. The highest BCUT2D eigenvalue weighted by molar-refractivity contribution is 5.58. The summed E-state index contributed by atoms with van der Waals surface area (Å²) in [6.07, 6.45) is 1.74. The van der Waals surface area contributed by atoms with E-state index in [1.54, 1.807) is 12.1 Å². The van der Waals surface area contributed by atoms with E-state index in [0.717, 1.165) is 22.3 Å². The van der Waals surface area contributed by atoms with Gasteiger partial charge in [-0.25, -0.2) is 0 Å². The van der Waals surface area contributed by atoms with Gasteiger partial charge >= 0.3 is 0 Å². The molecule has 0 radical (unpaired) electrons. The van der Waals surface area contributed by atoms with Gasteiger partial charge in [0.1, 0.15) is 11.9 Å². The summed E-state index contributed by atoms with van der Waals surface area (Å²) in [7, 11) is 0. The fraction of sp³-hybridized carbons (Fsp3) is 0.222. The van der Waals surface area contributed by atoms with Crippen LogP contribution in [0.25, 0.3) is 6.08 Å². The van der Waals surface area contributed by atoms with Crippen LogP contribution >= 0.6 is 0 Å². The summed E-state index contributed by atoms with van der Waals surface area (Å²) in [6.45, 7) is 2.46. The Bertz CT molecular complexity index is 765. The Labute approximate surface area is 134 Å². The summed E-state index contributed by atoms with van der Waals surface area (Å²) in [5.74, 6) is 0.704. The first-order valence-electron chi connectivity index (χ1n) is 7.41. The number of nitro benzene ring substituents is 1. The van der Waals surface area contributed by atoms with Crippen molar-refractivity contribution in [1.82, 2.24) is 0 Å². The molecule has 3 rings (SSSR count). The van der Waals surface area contributed by atoms with Crippen molar-refractivity contribution in [2.45, 2.75) is 19.4 Å². The monoisotopic (exact) mass is 311 g/mol. The molecular weight excluding hydrogens is 294 g/mol. The molecule has 0 spiro atoms. The van der Waals surface area contributed by atoms with Gasteiger partial charge in [0.2, 0.25) is 0 Å². The van der Waals surface area contributed by atoms with E-state index in [-0.39, 0.29) is 5.69 Å². The Balaban J connectivity index is 1.94. The van der Waals surface area contributed by atoms with E-state index in [1.807, 2.05) is 31.2 Å². The molecule has 1 aliphatic heterocycles. The zero-order chi connectivity index (χ0) is 16.4. The largest absolute Gasteiger partial charge is 0.493 e. The number of fused-ring (bicyclic) bond motifs is 1. The number of aliphatic hydroxyl groups is 1. The smallest absolute Gasteiger partial charge is 0.269 e. The van der Waals surface area contributed by atoms with Gasteiger partial charge in [0.15, 0.2) is 0 Å². The molecule has 1 N–H and O–H groups in total. The molecule has 23 heavy (non-hydrogen) atoms. The van der Waals surface area contributed by atoms with E-state index in [9.17, 15) is 15.2 Å². The lowest BCUT2D eigenvalue weighted by Gasteiger charge is -2.14. The van der Waals surface area contributed by atoms with E-state index in [4.69, 9.17) is 4.74 Å². The van der Waals surface area contributed by atoms with Crippen LogP contribution in [0, 0.1) is 17.0 Å². The lowest BCUT2D eigenvalue weighted by molar-refractivity contribution is -0.384. The summed E-state index contributed by atoms with van der Waals surface area (Å²) in [5, 5.41) is 21.4. The summed E-state index contributed by atoms with van der Waals surface area (Å²) in [5.41, 5.74) is 3.53. The second kappa shape index (κ2) is 6.22. The molecule has 1 unspecified atom stereocenters. The molecule has 0 aliphatic carbocycles. The molecule has 1 atom stereocenters. The molecule has 1 heterocycles. The van der Waals surface area contributed by atoms with Gasteiger partial charge in [0.05, 0.1) is 11.5 Å². The van der Waals surface area contributed by atoms with Crippen LogP contribution in [0.15, 0.2) is 48.0 Å². The van der Waals surface area contributed by atoms with Crippen molar-refractivity contribution in [1.29, 1.82) is 0 Å². The lowest BCUT2D eigenvalue weighted by atomic mass is 9.96. The van der Waals surface area contributed by atoms with Crippen molar-refractivity contribution < 1.29 is 14.8 Å². The Morgan fingerprint density at radius 3 is 2.70 bits per heavy atom. The van der Waals surface area contributed by atoms with Gasteiger partial charge in [-0.05, 0) is 42.3 Å². The first-order chi connectivity index (χ1) is 11.0. The molecule has 0 bridgehead atoms. The van der Waals surface area contributed by atoms with Gasteiger partial charge in [-0.2, -0.15) is 0 Å². The van der Waals surface area contributed by atoms with Crippen molar-refractivity contribution in [3.63, 3.8) is 0 Å². The van der Waals surface area contributed by atoms with Crippen molar-refractivity contribution >= 4 is 11.8 Å². The van der Waals surface area contributed by atoms with E-state index in [1.165, 1.54) is 12.1 Å². The van der Waals surface area contributed by atoms with Crippen LogP contribution < -0.4 is 4.74 Å². The van der Waals surface area contributed by atoms with Gasteiger partial charge < -0.3 is 9.84 Å². The predicted molar refractivity (Wildman–Crippen MR) is 87.3 cm³/mol. The lowest BCUT2D eigenvalue weighted by Crippen LogP contribution is -2.01. The molecule has 0 saturated carbocycles. The summed E-state index contributed by atoms with van der Waals surface area (Å²) in [4.78, 5) is 10.3. The van der Waals surface area contributed by atoms with Crippen LogP contribution in [-0.2, 0) is 0 Å². The summed E-state index contributed by atoms with van der Waals surface area (Å²) < 4.78 is 5.70. The number of ether oxygens (including phenoxy) is 1. The SMILES string of the molecule is Cc1ccc2c(c1)C(O)/C(=C/c1ccc([N+](=O)[O-])cc1)CCO2. The Morgan fingerprint density at radius 1 is 1.26 bits per heavy atom. The standard InChI is InChI=1S/C18H17NO4/c1-12-2-7-17-16(10-12)18(20)14(8-9-23-17)11-13-3-5-15(6-4-13)19(21)22/h2-7,10-11,18,20H,8-9H2,1H3/b14-11+. The van der Waals surface area contributed by atoms with Crippen LogP contribution in [0.2, 0.25) is 0 Å². The number of benzene rings is 2. The topological polar surface area (TPSA) is 72.6 Å². The number of aliphatic hydroxyl groups excluding tert-OH is 1. The third-order valence-electron chi connectivity index (χ3n) is 3.92. The van der Waals surface area contributed by atoms with Gasteiger partial charge in [-0.15, -0.1) is 0 Å². The molecule has 2 aromatic rings. The second-order valence-electron chi connectivity index (χ2n) is 5.61. The average molecular weight is 311 g/mol. The minimum absolute atomic E-state index is 0.0536. The van der Waals surface area contributed by atoms with Crippen LogP contribution in [0.5, 0.6) is 5.75 Å². The Morgan fingerprint density at radius 2 is 2.00 bits per heavy atom. The Kier molecular flexibility index (Phi) is 4.12. The van der Waals surface area contributed by atoms with Crippen molar-refractivity contribution in [2.24, 2.45) is 0 Å². The van der Waals surface area contributed by atoms with Crippen LogP contribution in [-0.4, -0.2) is 16.6 Å². The van der Waals surface area contributed by atoms with E-state index in [0.29, 0.717) is 18.8 Å². The molecule has 5 nitrogen and oxygen atoms in total. The quantitative estimate of drug-likeness (QED) is 0.676. The highest BCUT2D eigenvalue weighted by atomic mass is 16.6. The molecule has 118 valence electrons. The number of hydrogen-bond acceptors (Lipinski definition) is 4. The van der Waals surface area contributed by atoms with Gasteiger partial charge in [0.25, 0.3) is 5.69 Å². The molecule has 0 saturated heterocycles. The van der Waals surface area contributed by atoms with Crippen molar-refractivity contribution in [2.75, 3.05) is 6.61 Å². The fourth-order valence-corrected chi connectivity index (χ4v) is 2.69. The normalized spacial score (nSPS) is 18.9. The number of nitro groups is 1. The van der Waals surface area contributed by atoms with Gasteiger partial charge in [-0.3, -0.25) is 10.1 Å². The third-order valence-corrected chi connectivity index (χ3v) is 3.92. The van der Waals surface area contributed by atoms with Crippen LogP contribution in [0.3, 0.4) is 0 Å². The fourth-order valence-electron chi connectivity index (χ4n) is 2.69. The van der Waals surface area contributed by atoms with Gasteiger partial charge in [-0.1, -0.05) is 17.7 Å². The number of nitrogens with zero attached hydrogens (tertiary/aromatic N) is 1. The molecule has 1 aliphatic rings.